The third-order valence-electron chi connectivity index (χ3n) is 2.30. The summed E-state index contributed by atoms with van der Waals surface area (Å²) in [6, 6.07) is 5.25. The minimum absolute atomic E-state index is 0.302. The zero-order valence-electron chi connectivity index (χ0n) is 9.87. The van der Waals surface area contributed by atoms with Crippen LogP contribution in [0.3, 0.4) is 0 Å². The van der Waals surface area contributed by atoms with Crippen molar-refractivity contribution < 1.29 is 9.90 Å². The van der Waals surface area contributed by atoms with Crippen molar-refractivity contribution in [3.8, 4) is 0 Å². The fourth-order valence-electron chi connectivity index (χ4n) is 1.48. The molecule has 0 aliphatic heterocycles. The Balaban J connectivity index is 2.73. The van der Waals surface area contributed by atoms with Crippen molar-refractivity contribution in [2.45, 2.75) is 6.92 Å². The molecule has 0 bridgehead atoms. The van der Waals surface area contributed by atoms with E-state index in [9.17, 15) is 4.79 Å². The van der Waals surface area contributed by atoms with Gasteiger partial charge in [0.1, 0.15) is 0 Å². The highest BCUT2D eigenvalue weighted by atomic mass is 79.9. The highest BCUT2D eigenvalue weighted by molar-refractivity contribution is 9.10. The van der Waals surface area contributed by atoms with Crippen LogP contribution in [0.4, 0.5) is 5.69 Å². The van der Waals surface area contributed by atoms with E-state index in [1.54, 1.807) is 23.9 Å². The zero-order valence-corrected chi connectivity index (χ0v) is 12.3. The van der Waals surface area contributed by atoms with Crippen molar-refractivity contribution in [2.24, 2.45) is 5.92 Å². The Bertz CT molecular complexity index is 398. The Labute approximate surface area is 114 Å². The molecule has 0 amide bonds. The molecule has 1 rings (SSSR count). The quantitative estimate of drug-likeness (QED) is 0.842. The van der Waals surface area contributed by atoms with Gasteiger partial charge >= 0.3 is 5.97 Å². The van der Waals surface area contributed by atoms with Gasteiger partial charge in [0.25, 0.3) is 0 Å². The summed E-state index contributed by atoms with van der Waals surface area (Å²) in [5, 5.41) is 12.3. The van der Waals surface area contributed by atoms with Gasteiger partial charge in [-0.2, -0.15) is 11.8 Å². The minimum Gasteiger partial charge on any atom is -0.478 e. The van der Waals surface area contributed by atoms with Crippen LogP contribution < -0.4 is 5.32 Å². The molecule has 1 aromatic rings. The molecule has 1 aromatic carbocycles. The zero-order chi connectivity index (χ0) is 12.8. The molecule has 0 saturated carbocycles. The Morgan fingerprint density at radius 2 is 2.29 bits per heavy atom. The van der Waals surface area contributed by atoms with Crippen molar-refractivity contribution >= 4 is 39.3 Å². The van der Waals surface area contributed by atoms with Gasteiger partial charge in [0, 0.05) is 16.7 Å². The number of nitrogens with one attached hydrogen (secondary N) is 1. The second kappa shape index (κ2) is 6.91. The third-order valence-corrected chi connectivity index (χ3v) is 3.70. The first-order chi connectivity index (χ1) is 8.04. The van der Waals surface area contributed by atoms with Gasteiger partial charge in [-0.15, -0.1) is 0 Å². The van der Waals surface area contributed by atoms with Crippen LogP contribution in [0.15, 0.2) is 22.7 Å². The maximum Gasteiger partial charge on any atom is 0.337 e. The summed E-state index contributed by atoms with van der Waals surface area (Å²) in [5.74, 6) is 0.660. The van der Waals surface area contributed by atoms with Crippen molar-refractivity contribution in [2.75, 3.05) is 23.9 Å². The van der Waals surface area contributed by atoms with Gasteiger partial charge in [-0.05, 0) is 36.1 Å². The average molecular weight is 318 g/mol. The molecule has 0 aromatic heterocycles. The molecule has 0 radical (unpaired) electrons. The van der Waals surface area contributed by atoms with E-state index in [4.69, 9.17) is 5.11 Å². The molecule has 0 spiro atoms. The van der Waals surface area contributed by atoms with Crippen LogP contribution >= 0.6 is 27.7 Å². The van der Waals surface area contributed by atoms with Crippen LogP contribution in [0.1, 0.15) is 17.3 Å². The summed E-state index contributed by atoms with van der Waals surface area (Å²) in [5.41, 5.74) is 0.976. The van der Waals surface area contributed by atoms with Gasteiger partial charge in [0.05, 0.1) is 5.56 Å². The summed E-state index contributed by atoms with van der Waals surface area (Å²) >= 11 is 5.07. The maximum absolute atomic E-state index is 11.1. The van der Waals surface area contributed by atoms with Gasteiger partial charge in [-0.25, -0.2) is 4.79 Å². The first-order valence-corrected chi connectivity index (χ1v) is 7.49. The Kier molecular flexibility index (Phi) is 5.85. The van der Waals surface area contributed by atoms with Crippen LogP contribution in [-0.2, 0) is 0 Å². The molecule has 1 unspecified atom stereocenters. The molecule has 0 aliphatic carbocycles. The summed E-state index contributed by atoms with van der Waals surface area (Å²) in [6.45, 7) is 2.92. The predicted octanol–water partition coefficient (Wildman–Crippen LogP) is 3.56. The fraction of sp³-hybridized carbons (Fsp3) is 0.417. The molecule has 94 valence electrons. The van der Waals surface area contributed by atoms with E-state index in [1.165, 1.54) is 0 Å². The number of benzene rings is 1. The molecule has 0 aliphatic rings. The second-order valence-corrected chi connectivity index (χ2v) is 5.76. The van der Waals surface area contributed by atoms with E-state index in [-0.39, 0.29) is 0 Å². The fourth-order valence-corrected chi connectivity index (χ4v) is 2.52. The number of rotatable bonds is 6. The van der Waals surface area contributed by atoms with Gasteiger partial charge in [0.15, 0.2) is 0 Å². The number of aromatic carboxylic acids is 1. The van der Waals surface area contributed by atoms with Gasteiger partial charge in [0.2, 0.25) is 0 Å². The van der Waals surface area contributed by atoms with E-state index >= 15 is 0 Å². The number of thioether (sulfide) groups is 1. The van der Waals surface area contributed by atoms with Crippen LogP contribution in [0.2, 0.25) is 0 Å². The Hall–Kier alpha value is -0.680. The number of carboxylic acids is 1. The second-order valence-electron chi connectivity index (χ2n) is 3.94. The molecular weight excluding hydrogens is 302 g/mol. The van der Waals surface area contributed by atoms with Crippen molar-refractivity contribution in [1.82, 2.24) is 0 Å². The van der Waals surface area contributed by atoms with E-state index < -0.39 is 5.97 Å². The van der Waals surface area contributed by atoms with Crippen LogP contribution in [0.25, 0.3) is 0 Å². The lowest BCUT2D eigenvalue weighted by molar-refractivity contribution is 0.0698. The van der Waals surface area contributed by atoms with Crippen molar-refractivity contribution in [3.63, 3.8) is 0 Å². The largest absolute Gasteiger partial charge is 0.478 e. The molecule has 0 heterocycles. The SMILES string of the molecule is CSCC(C)CNc1ccc(Br)cc1C(=O)O. The number of carbonyl (C=O) groups is 1. The van der Waals surface area contributed by atoms with E-state index in [0.717, 1.165) is 16.8 Å². The van der Waals surface area contributed by atoms with Gasteiger partial charge < -0.3 is 10.4 Å². The van der Waals surface area contributed by atoms with E-state index in [1.807, 2.05) is 6.07 Å². The molecule has 2 N–H and O–H groups in total. The summed E-state index contributed by atoms with van der Waals surface area (Å²) in [6.07, 6.45) is 2.07. The lowest BCUT2D eigenvalue weighted by atomic mass is 10.1. The summed E-state index contributed by atoms with van der Waals surface area (Å²) < 4.78 is 0.776. The minimum atomic E-state index is -0.911. The highest BCUT2D eigenvalue weighted by Crippen LogP contribution is 2.21. The smallest absolute Gasteiger partial charge is 0.337 e. The number of hydrogen-bond acceptors (Lipinski definition) is 3. The summed E-state index contributed by atoms with van der Waals surface area (Å²) in [4.78, 5) is 11.1. The number of anilines is 1. The lowest BCUT2D eigenvalue weighted by Gasteiger charge is -2.14. The molecule has 1 atom stereocenters. The molecule has 5 heteroatoms. The maximum atomic E-state index is 11.1. The number of halogens is 1. The lowest BCUT2D eigenvalue weighted by Crippen LogP contribution is -2.15. The van der Waals surface area contributed by atoms with E-state index in [0.29, 0.717) is 17.2 Å². The van der Waals surface area contributed by atoms with Crippen molar-refractivity contribution in [3.05, 3.63) is 28.2 Å². The number of carboxylic acid groups (broad SMARTS) is 1. The van der Waals surface area contributed by atoms with Crippen LogP contribution in [0, 0.1) is 5.92 Å². The summed E-state index contributed by atoms with van der Waals surface area (Å²) in [7, 11) is 0. The van der Waals surface area contributed by atoms with Gasteiger partial charge in [-0.3, -0.25) is 0 Å². The highest BCUT2D eigenvalue weighted by Gasteiger charge is 2.11. The predicted molar refractivity (Wildman–Crippen MR) is 77.1 cm³/mol. The Morgan fingerprint density at radius 1 is 1.59 bits per heavy atom. The molecule has 3 nitrogen and oxygen atoms in total. The first kappa shape index (κ1) is 14.4. The third kappa shape index (κ3) is 4.60. The normalized spacial score (nSPS) is 12.2. The van der Waals surface area contributed by atoms with Crippen LogP contribution in [-0.4, -0.2) is 29.6 Å². The van der Waals surface area contributed by atoms with E-state index in [2.05, 4.69) is 34.4 Å². The van der Waals surface area contributed by atoms with Gasteiger partial charge in [-0.1, -0.05) is 22.9 Å². The molecule has 0 fully saturated rings. The monoisotopic (exact) mass is 317 g/mol. The standard InChI is InChI=1S/C12H16BrNO2S/c1-8(7-17-2)6-14-11-4-3-9(13)5-10(11)12(15)16/h3-5,8,14H,6-7H2,1-2H3,(H,15,16). The topological polar surface area (TPSA) is 49.3 Å². The number of hydrogen-bond donors (Lipinski definition) is 2. The average Bonchev–Trinajstić information content (AvgIpc) is 2.27. The molecule has 17 heavy (non-hydrogen) atoms. The van der Waals surface area contributed by atoms with Crippen LogP contribution in [0.5, 0.6) is 0 Å². The molecular formula is C12H16BrNO2S. The Morgan fingerprint density at radius 3 is 2.88 bits per heavy atom. The van der Waals surface area contributed by atoms with Crippen molar-refractivity contribution in [1.29, 1.82) is 0 Å². The first-order valence-electron chi connectivity index (χ1n) is 5.30. The molecule has 0 saturated heterocycles.